The number of benzene rings is 2. The van der Waals surface area contributed by atoms with Crippen LogP contribution in [0.15, 0.2) is 60.7 Å². The van der Waals surface area contributed by atoms with Gasteiger partial charge in [-0.1, -0.05) is 74.5 Å². The minimum Gasteiger partial charge on any atom is -0.480 e. The van der Waals surface area contributed by atoms with Gasteiger partial charge in [0.05, 0.1) is 6.54 Å². The van der Waals surface area contributed by atoms with Crippen LogP contribution >= 0.6 is 0 Å². The Kier molecular flexibility index (Phi) is 8.40. The quantitative estimate of drug-likeness (QED) is 0.575. The summed E-state index contributed by atoms with van der Waals surface area (Å²) in [5.41, 5.74) is 2.03. The second-order valence-electron chi connectivity index (χ2n) is 7.44. The molecule has 2 amide bonds. The lowest BCUT2D eigenvalue weighted by Crippen LogP contribution is -2.46. The Hall–Kier alpha value is -3.15. The highest BCUT2D eigenvalue weighted by atomic mass is 16.4. The van der Waals surface area contributed by atoms with E-state index in [0.717, 1.165) is 11.1 Å². The maximum Gasteiger partial charge on any atom is 0.326 e. The number of amides is 2. The molecule has 0 radical (unpaired) electrons. The van der Waals surface area contributed by atoms with Crippen molar-refractivity contribution in [3.63, 3.8) is 0 Å². The molecule has 2 aromatic rings. The van der Waals surface area contributed by atoms with Gasteiger partial charge in [-0.05, 0) is 23.5 Å². The Labute approximate surface area is 171 Å². The van der Waals surface area contributed by atoms with Crippen LogP contribution in [0.2, 0.25) is 0 Å². The smallest absolute Gasteiger partial charge is 0.326 e. The molecule has 0 heterocycles. The molecule has 154 valence electrons. The Morgan fingerprint density at radius 1 is 0.862 bits per heavy atom. The average Bonchev–Trinajstić information content (AvgIpc) is 2.71. The Morgan fingerprint density at radius 3 is 1.83 bits per heavy atom. The molecule has 6 heteroatoms. The molecule has 3 N–H and O–H groups in total. The first-order chi connectivity index (χ1) is 13.9. The number of aliphatic carboxylic acids is 1. The van der Waals surface area contributed by atoms with Crippen molar-refractivity contribution in [3.05, 3.63) is 71.8 Å². The molecule has 0 aliphatic carbocycles. The van der Waals surface area contributed by atoms with Crippen molar-refractivity contribution in [3.8, 4) is 0 Å². The summed E-state index contributed by atoms with van der Waals surface area (Å²) in [4.78, 5) is 35.8. The third-order valence-corrected chi connectivity index (χ3v) is 4.58. The predicted molar refractivity (Wildman–Crippen MR) is 111 cm³/mol. The number of carboxylic acids is 1. The second-order valence-corrected chi connectivity index (χ2v) is 7.44. The van der Waals surface area contributed by atoms with Crippen molar-refractivity contribution < 1.29 is 19.5 Å². The average molecular weight is 396 g/mol. The standard InChI is InChI=1S/C23H28N2O4/c1-16(2)13-20(23(28)29)25-22(27)15-24-21(26)14-19(17-9-5-3-6-10-17)18-11-7-4-8-12-18/h3-12,16,19-20H,13-15H2,1-2H3,(H,24,26)(H,25,27)(H,28,29)/t20-/m0/s1. The third kappa shape index (κ3) is 7.41. The first-order valence-electron chi connectivity index (χ1n) is 9.75. The summed E-state index contributed by atoms with van der Waals surface area (Å²) in [6.45, 7) is 3.52. The maximum atomic E-state index is 12.5. The van der Waals surface area contributed by atoms with Crippen molar-refractivity contribution in [2.45, 2.75) is 38.6 Å². The fourth-order valence-electron chi connectivity index (χ4n) is 3.17. The van der Waals surface area contributed by atoms with Crippen LogP contribution in [0, 0.1) is 5.92 Å². The highest BCUT2D eigenvalue weighted by Gasteiger charge is 2.22. The lowest BCUT2D eigenvalue weighted by molar-refractivity contribution is -0.142. The summed E-state index contributed by atoms with van der Waals surface area (Å²) in [5, 5.41) is 14.3. The van der Waals surface area contributed by atoms with E-state index in [0.29, 0.717) is 6.42 Å². The number of nitrogens with one attached hydrogen (secondary N) is 2. The zero-order valence-corrected chi connectivity index (χ0v) is 16.8. The van der Waals surface area contributed by atoms with E-state index in [9.17, 15) is 19.5 Å². The highest BCUT2D eigenvalue weighted by molar-refractivity contribution is 5.88. The van der Waals surface area contributed by atoms with Gasteiger partial charge in [-0.2, -0.15) is 0 Å². The molecule has 1 atom stereocenters. The summed E-state index contributed by atoms with van der Waals surface area (Å²) in [5.74, 6) is -1.86. The molecule has 0 aliphatic rings. The van der Waals surface area contributed by atoms with Crippen LogP contribution < -0.4 is 10.6 Å². The molecule has 29 heavy (non-hydrogen) atoms. The number of hydrogen-bond acceptors (Lipinski definition) is 3. The molecule has 0 saturated carbocycles. The van der Waals surface area contributed by atoms with Gasteiger partial charge in [-0.3, -0.25) is 9.59 Å². The molecule has 0 fully saturated rings. The maximum absolute atomic E-state index is 12.5. The van der Waals surface area contributed by atoms with E-state index in [1.54, 1.807) is 0 Å². The van der Waals surface area contributed by atoms with E-state index in [-0.39, 0.29) is 30.7 Å². The van der Waals surface area contributed by atoms with Gasteiger partial charge < -0.3 is 15.7 Å². The van der Waals surface area contributed by atoms with E-state index in [4.69, 9.17) is 0 Å². The first-order valence-corrected chi connectivity index (χ1v) is 9.75. The molecular formula is C23H28N2O4. The first kappa shape index (κ1) is 22.1. The number of carboxylic acid groups (broad SMARTS) is 1. The Bertz CT molecular complexity index is 767. The number of hydrogen-bond donors (Lipinski definition) is 3. The molecule has 6 nitrogen and oxygen atoms in total. The lowest BCUT2D eigenvalue weighted by atomic mass is 9.88. The topological polar surface area (TPSA) is 95.5 Å². The van der Waals surface area contributed by atoms with Gasteiger partial charge in [0.25, 0.3) is 0 Å². The third-order valence-electron chi connectivity index (χ3n) is 4.58. The highest BCUT2D eigenvalue weighted by Crippen LogP contribution is 2.27. The van der Waals surface area contributed by atoms with E-state index in [1.165, 1.54) is 0 Å². The number of carbonyl (C=O) groups is 3. The Balaban J connectivity index is 1.96. The van der Waals surface area contributed by atoms with Gasteiger partial charge >= 0.3 is 5.97 Å². The summed E-state index contributed by atoms with van der Waals surface area (Å²) in [6.07, 6.45) is 0.523. The summed E-state index contributed by atoms with van der Waals surface area (Å²) < 4.78 is 0. The fraction of sp³-hybridized carbons (Fsp3) is 0.348. The van der Waals surface area contributed by atoms with Crippen molar-refractivity contribution in [2.24, 2.45) is 5.92 Å². The predicted octanol–water partition coefficient (Wildman–Crippen LogP) is 2.94. The van der Waals surface area contributed by atoms with E-state index in [2.05, 4.69) is 10.6 Å². The van der Waals surface area contributed by atoms with Gasteiger partial charge in [0.2, 0.25) is 11.8 Å². The molecule has 0 unspecified atom stereocenters. The molecular weight excluding hydrogens is 368 g/mol. The van der Waals surface area contributed by atoms with Crippen LogP contribution in [0.1, 0.15) is 43.7 Å². The van der Waals surface area contributed by atoms with Gasteiger partial charge in [0.15, 0.2) is 0 Å². The fourth-order valence-corrected chi connectivity index (χ4v) is 3.17. The molecule has 0 aliphatic heterocycles. The van der Waals surface area contributed by atoms with Gasteiger partial charge in [-0.25, -0.2) is 4.79 Å². The van der Waals surface area contributed by atoms with E-state index >= 15 is 0 Å². The number of rotatable bonds is 10. The van der Waals surface area contributed by atoms with Gasteiger partial charge in [-0.15, -0.1) is 0 Å². The number of carbonyl (C=O) groups excluding carboxylic acids is 2. The summed E-state index contributed by atoms with van der Waals surface area (Å²) >= 11 is 0. The van der Waals surface area contributed by atoms with Gasteiger partial charge in [0, 0.05) is 12.3 Å². The Morgan fingerprint density at radius 2 is 1.38 bits per heavy atom. The molecule has 2 aromatic carbocycles. The summed E-state index contributed by atoms with van der Waals surface area (Å²) in [6, 6.07) is 18.5. The van der Waals surface area contributed by atoms with Crippen molar-refractivity contribution in [1.82, 2.24) is 10.6 Å². The van der Waals surface area contributed by atoms with Crippen LogP contribution in [0.4, 0.5) is 0 Å². The van der Waals surface area contributed by atoms with Crippen LogP contribution in [0.25, 0.3) is 0 Å². The van der Waals surface area contributed by atoms with Crippen LogP contribution in [0.3, 0.4) is 0 Å². The van der Waals surface area contributed by atoms with Crippen LogP contribution in [-0.4, -0.2) is 35.5 Å². The van der Waals surface area contributed by atoms with Gasteiger partial charge in [0.1, 0.15) is 6.04 Å². The molecule has 0 saturated heterocycles. The van der Waals surface area contributed by atoms with Crippen molar-refractivity contribution in [2.75, 3.05) is 6.54 Å². The SMILES string of the molecule is CC(C)C[C@H](NC(=O)CNC(=O)CC(c1ccccc1)c1ccccc1)C(=O)O. The second kappa shape index (κ2) is 11.0. The van der Waals surface area contributed by atoms with Crippen LogP contribution in [0.5, 0.6) is 0 Å². The zero-order chi connectivity index (χ0) is 21.2. The largest absolute Gasteiger partial charge is 0.480 e. The lowest BCUT2D eigenvalue weighted by Gasteiger charge is -2.19. The minimum absolute atomic E-state index is 0.128. The minimum atomic E-state index is -1.08. The molecule has 0 bridgehead atoms. The van der Waals surface area contributed by atoms with E-state index < -0.39 is 17.9 Å². The van der Waals surface area contributed by atoms with Crippen LogP contribution in [-0.2, 0) is 14.4 Å². The molecule has 2 rings (SSSR count). The molecule has 0 spiro atoms. The van der Waals surface area contributed by atoms with Crippen molar-refractivity contribution in [1.29, 1.82) is 0 Å². The zero-order valence-electron chi connectivity index (χ0n) is 16.8. The molecule has 0 aromatic heterocycles. The monoisotopic (exact) mass is 396 g/mol. The summed E-state index contributed by atoms with van der Waals surface area (Å²) in [7, 11) is 0. The van der Waals surface area contributed by atoms with E-state index in [1.807, 2.05) is 74.5 Å². The normalized spacial score (nSPS) is 11.9. The van der Waals surface area contributed by atoms with Crippen molar-refractivity contribution >= 4 is 17.8 Å².